The fourth-order valence-corrected chi connectivity index (χ4v) is 2.51. The minimum atomic E-state index is -0.635. The molecule has 104 valence electrons. The smallest absolute Gasteiger partial charge is 0.340 e. The van der Waals surface area contributed by atoms with Crippen molar-refractivity contribution in [3.05, 3.63) is 35.1 Å². The van der Waals surface area contributed by atoms with Gasteiger partial charge in [-0.15, -0.1) is 0 Å². The maximum absolute atomic E-state index is 13.7. The lowest BCUT2D eigenvalue weighted by molar-refractivity contribution is 0.0595. The molecule has 4 heteroatoms. The van der Waals surface area contributed by atoms with Gasteiger partial charge in [0.05, 0.1) is 12.7 Å². The molecule has 0 saturated heterocycles. The van der Waals surface area contributed by atoms with Crippen molar-refractivity contribution in [3.8, 4) is 0 Å². The number of benzene rings is 1. The number of esters is 1. The Balaban J connectivity index is 1.94. The number of methoxy groups -OCH3 is 1. The van der Waals surface area contributed by atoms with Gasteiger partial charge >= 0.3 is 5.97 Å². The third-order valence-electron chi connectivity index (χ3n) is 3.64. The van der Waals surface area contributed by atoms with Gasteiger partial charge in [0.25, 0.3) is 0 Å². The van der Waals surface area contributed by atoms with E-state index in [-0.39, 0.29) is 5.56 Å². The molecule has 0 aromatic heterocycles. The number of carbonyl (C=O) groups is 1. The topological polar surface area (TPSA) is 38.3 Å². The van der Waals surface area contributed by atoms with Gasteiger partial charge in [-0.05, 0) is 30.5 Å². The lowest BCUT2D eigenvalue weighted by Gasteiger charge is -2.22. The van der Waals surface area contributed by atoms with E-state index in [1.165, 1.54) is 51.3 Å². The van der Waals surface area contributed by atoms with Crippen LogP contribution in [0.15, 0.2) is 18.2 Å². The molecule has 1 aliphatic carbocycles. The van der Waals surface area contributed by atoms with Gasteiger partial charge in [-0.2, -0.15) is 0 Å². The summed E-state index contributed by atoms with van der Waals surface area (Å²) in [5.41, 5.74) is 0.847. The molecule has 0 bridgehead atoms. The second-order valence-corrected chi connectivity index (χ2v) is 5.02. The molecule has 1 fully saturated rings. The summed E-state index contributed by atoms with van der Waals surface area (Å²) in [5, 5.41) is 3.44. The van der Waals surface area contributed by atoms with Crippen molar-refractivity contribution >= 4 is 5.97 Å². The van der Waals surface area contributed by atoms with Crippen LogP contribution in [0.1, 0.15) is 48.0 Å². The molecule has 0 amide bonds. The molecule has 2 rings (SSSR count). The van der Waals surface area contributed by atoms with Crippen LogP contribution in [0.25, 0.3) is 0 Å². The van der Waals surface area contributed by atoms with Gasteiger partial charge in [-0.3, -0.25) is 0 Å². The predicted octanol–water partition coefficient (Wildman–Crippen LogP) is 3.03. The number of hydrogen-bond donors (Lipinski definition) is 1. The van der Waals surface area contributed by atoms with E-state index in [0.29, 0.717) is 12.6 Å². The van der Waals surface area contributed by atoms with E-state index in [9.17, 15) is 9.18 Å². The van der Waals surface area contributed by atoms with Gasteiger partial charge in [0.1, 0.15) is 5.82 Å². The second kappa shape index (κ2) is 6.66. The van der Waals surface area contributed by atoms with Gasteiger partial charge in [0.2, 0.25) is 0 Å². The lowest BCUT2D eigenvalue weighted by atomic mass is 9.95. The number of rotatable bonds is 4. The third kappa shape index (κ3) is 3.77. The summed E-state index contributed by atoms with van der Waals surface area (Å²) in [6.07, 6.45) is 6.26. The van der Waals surface area contributed by atoms with E-state index in [4.69, 9.17) is 0 Å². The zero-order valence-electron chi connectivity index (χ0n) is 11.2. The molecule has 1 saturated carbocycles. The quantitative estimate of drug-likeness (QED) is 0.850. The molecule has 0 heterocycles. The highest BCUT2D eigenvalue weighted by molar-refractivity contribution is 5.89. The van der Waals surface area contributed by atoms with Crippen LogP contribution in [0.4, 0.5) is 4.39 Å². The number of ether oxygens (including phenoxy) is 1. The van der Waals surface area contributed by atoms with Crippen molar-refractivity contribution in [3.63, 3.8) is 0 Å². The van der Waals surface area contributed by atoms with Crippen LogP contribution < -0.4 is 5.32 Å². The van der Waals surface area contributed by atoms with Crippen LogP contribution in [0.5, 0.6) is 0 Å². The van der Waals surface area contributed by atoms with Crippen molar-refractivity contribution < 1.29 is 13.9 Å². The summed E-state index contributed by atoms with van der Waals surface area (Å²) < 4.78 is 18.2. The second-order valence-electron chi connectivity index (χ2n) is 5.02. The molecule has 1 aromatic rings. The highest BCUT2D eigenvalue weighted by Gasteiger charge is 2.14. The Morgan fingerprint density at radius 2 is 2.11 bits per heavy atom. The summed E-state index contributed by atoms with van der Waals surface area (Å²) in [4.78, 5) is 11.3. The maximum atomic E-state index is 13.7. The zero-order valence-corrected chi connectivity index (χ0v) is 11.2. The largest absolute Gasteiger partial charge is 0.465 e. The zero-order chi connectivity index (χ0) is 13.7. The van der Waals surface area contributed by atoms with Gasteiger partial charge in [-0.1, -0.05) is 25.3 Å². The Labute approximate surface area is 113 Å². The molecule has 0 aliphatic heterocycles. The van der Waals surface area contributed by atoms with E-state index in [1.807, 2.05) is 0 Å². The fraction of sp³-hybridized carbons (Fsp3) is 0.533. The summed E-state index contributed by atoms with van der Waals surface area (Å²) >= 11 is 0. The van der Waals surface area contributed by atoms with Crippen molar-refractivity contribution in [1.29, 1.82) is 0 Å². The van der Waals surface area contributed by atoms with Crippen LogP contribution >= 0.6 is 0 Å². The van der Waals surface area contributed by atoms with E-state index in [0.717, 1.165) is 5.56 Å². The normalized spacial score (nSPS) is 16.3. The van der Waals surface area contributed by atoms with Gasteiger partial charge in [-0.25, -0.2) is 9.18 Å². The minimum absolute atomic E-state index is 0.0103. The monoisotopic (exact) mass is 265 g/mol. The van der Waals surface area contributed by atoms with Crippen LogP contribution in [0.3, 0.4) is 0 Å². The molecule has 1 aromatic carbocycles. The van der Waals surface area contributed by atoms with Gasteiger partial charge in [0.15, 0.2) is 0 Å². The van der Waals surface area contributed by atoms with Crippen molar-refractivity contribution in [2.75, 3.05) is 7.11 Å². The van der Waals surface area contributed by atoms with Crippen LogP contribution in [-0.4, -0.2) is 19.1 Å². The molecular formula is C15H20FNO2. The first-order valence-corrected chi connectivity index (χ1v) is 6.81. The maximum Gasteiger partial charge on any atom is 0.340 e. The standard InChI is InChI=1S/C15H20FNO2/c1-19-15(18)13-8-7-11(9-14(13)16)10-17-12-5-3-2-4-6-12/h7-9,12,17H,2-6,10H2,1H3. The fourth-order valence-electron chi connectivity index (χ4n) is 2.51. The number of carbonyl (C=O) groups excluding carboxylic acids is 1. The van der Waals surface area contributed by atoms with E-state index >= 15 is 0 Å². The first-order valence-electron chi connectivity index (χ1n) is 6.81. The first-order chi connectivity index (χ1) is 9.20. The van der Waals surface area contributed by atoms with Gasteiger partial charge < -0.3 is 10.1 Å². The van der Waals surface area contributed by atoms with E-state index < -0.39 is 11.8 Å². The Morgan fingerprint density at radius 3 is 2.74 bits per heavy atom. The molecule has 0 radical (unpaired) electrons. The summed E-state index contributed by atoms with van der Waals surface area (Å²) in [5.74, 6) is -1.15. The molecular weight excluding hydrogens is 245 g/mol. The highest BCUT2D eigenvalue weighted by Crippen LogP contribution is 2.18. The highest BCUT2D eigenvalue weighted by atomic mass is 19.1. The van der Waals surface area contributed by atoms with E-state index in [1.54, 1.807) is 6.07 Å². The Bertz CT molecular complexity index is 442. The number of halogens is 1. The van der Waals surface area contributed by atoms with Crippen molar-refractivity contribution in [1.82, 2.24) is 5.32 Å². The number of nitrogens with one attached hydrogen (secondary N) is 1. The lowest BCUT2D eigenvalue weighted by Crippen LogP contribution is -2.30. The van der Waals surface area contributed by atoms with Crippen LogP contribution in [-0.2, 0) is 11.3 Å². The van der Waals surface area contributed by atoms with Crippen LogP contribution in [0.2, 0.25) is 0 Å². The van der Waals surface area contributed by atoms with Crippen molar-refractivity contribution in [2.24, 2.45) is 0 Å². The van der Waals surface area contributed by atoms with E-state index in [2.05, 4.69) is 10.1 Å². The summed E-state index contributed by atoms with van der Waals surface area (Å²) in [6, 6.07) is 5.20. The molecule has 1 aliphatic rings. The molecule has 1 N–H and O–H groups in total. The molecule has 0 atom stereocenters. The van der Waals surface area contributed by atoms with Crippen molar-refractivity contribution in [2.45, 2.75) is 44.7 Å². The Hall–Kier alpha value is -1.42. The summed E-state index contributed by atoms with van der Waals surface area (Å²) in [6.45, 7) is 0.642. The van der Waals surface area contributed by atoms with Gasteiger partial charge in [0, 0.05) is 12.6 Å². The summed E-state index contributed by atoms with van der Waals surface area (Å²) in [7, 11) is 1.25. The molecule has 0 unspecified atom stereocenters. The molecule has 19 heavy (non-hydrogen) atoms. The predicted molar refractivity (Wildman–Crippen MR) is 71.5 cm³/mol. The van der Waals surface area contributed by atoms with Crippen LogP contribution in [0, 0.1) is 5.82 Å². The minimum Gasteiger partial charge on any atom is -0.465 e. The molecule has 3 nitrogen and oxygen atoms in total. The number of hydrogen-bond acceptors (Lipinski definition) is 3. The SMILES string of the molecule is COC(=O)c1ccc(CNC2CCCCC2)cc1F. The first kappa shape index (κ1) is 14.0. The third-order valence-corrected chi connectivity index (χ3v) is 3.64. The average Bonchev–Trinajstić information content (AvgIpc) is 2.45. The Kier molecular flexibility index (Phi) is 4.91. The molecule has 0 spiro atoms. The Morgan fingerprint density at radius 1 is 1.37 bits per heavy atom. The average molecular weight is 265 g/mol.